The standard InChI is InChI=1S/C12H23NS/c1-10-8-13-12(14-9-10)7-11-5-3-2-4-6-11/h10-13H,2-9H2,1H3. The molecule has 14 heavy (non-hydrogen) atoms. The first-order chi connectivity index (χ1) is 6.84. The van der Waals surface area contributed by atoms with E-state index in [2.05, 4.69) is 24.0 Å². The van der Waals surface area contributed by atoms with Crippen LogP contribution in [0.25, 0.3) is 0 Å². The molecule has 1 aliphatic carbocycles. The van der Waals surface area contributed by atoms with Crippen LogP contribution in [-0.2, 0) is 0 Å². The van der Waals surface area contributed by atoms with E-state index in [1.807, 2.05) is 0 Å². The summed E-state index contributed by atoms with van der Waals surface area (Å²) in [7, 11) is 0. The lowest BCUT2D eigenvalue weighted by Gasteiger charge is -2.31. The summed E-state index contributed by atoms with van der Waals surface area (Å²) in [6, 6.07) is 0. The third kappa shape index (κ3) is 3.16. The largest absolute Gasteiger partial charge is 0.305 e. The molecule has 82 valence electrons. The molecule has 1 saturated heterocycles. The summed E-state index contributed by atoms with van der Waals surface area (Å²) in [5.41, 5.74) is 0. The van der Waals surface area contributed by atoms with Gasteiger partial charge in [-0.2, -0.15) is 0 Å². The van der Waals surface area contributed by atoms with Gasteiger partial charge in [0.25, 0.3) is 0 Å². The van der Waals surface area contributed by atoms with Crippen LogP contribution in [0.4, 0.5) is 0 Å². The lowest BCUT2D eigenvalue weighted by atomic mass is 9.87. The highest BCUT2D eigenvalue weighted by Gasteiger charge is 2.22. The highest BCUT2D eigenvalue weighted by molar-refractivity contribution is 7.99. The van der Waals surface area contributed by atoms with Gasteiger partial charge in [-0.15, -0.1) is 11.8 Å². The molecular formula is C12H23NS. The molecule has 2 fully saturated rings. The van der Waals surface area contributed by atoms with Crippen molar-refractivity contribution in [2.24, 2.45) is 11.8 Å². The maximum absolute atomic E-state index is 3.68. The van der Waals surface area contributed by atoms with Crippen molar-refractivity contribution in [3.05, 3.63) is 0 Å². The number of nitrogens with one attached hydrogen (secondary N) is 1. The second kappa shape index (κ2) is 5.41. The minimum atomic E-state index is 0.772. The van der Waals surface area contributed by atoms with E-state index in [9.17, 15) is 0 Å². The fourth-order valence-electron chi connectivity index (χ4n) is 2.61. The number of hydrogen-bond acceptors (Lipinski definition) is 2. The van der Waals surface area contributed by atoms with Gasteiger partial charge < -0.3 is 5.32 Å². The van der Waals surface area contributed by atoms with E-state index in [1.54, 1.807) is 0 Å². The molecule has 1 saturated carbocycles. The molecule has 2 heteroatoms. The van der Waals surface area contributed by atoms with Crippen LogP contribution >= 0.6 is 11.8 Å². The van der Waals surface area contributed by atoms with Gasteiger partial charge >= 0.3 is 0 Å². The highest BCUT2D eigenvalue weighted by Crippen LogP contribution is 2.31. The molecule has 2 aliphatic rings. The van der Waals surface area contributed by atoms with Crippen LogP contribution in [0.15, 0.2) is 0 Å². The van der Waals surface area contributed by atoms with Gasteiger partial charge in [0.05, 0.1) is 5.37 Å². The Balaban J connectivity index is 1.68. The fourth-order valence-corrected chi connectivity index (χ4v) is 3.91. The molecule has 0 bridgehead atoms. The van der Waals surface area contributed by atoms with Crippen LogP contribution in [0.5, 0.6) is 0 Å². The van der Waals surface area contributed by atoms with Gasteiger partial charge in [0.1, 0.15) is 0 Å². The Kier molecular flexibility index (Phi) is 4.18. The average molecular weight is 213 g/mol. The Bertz CT molecular complexity index is 158. The molecule has 0 amide bonds. The maximum Gasteiger partial charge on any atom is 0.0535 e. The zero-order valence-corrected chi connectivity index (χ0v) is 10.1. The summed E-state index contributed by atoms with van der Waals surface area (Å²) in [6.07, 6.45) is 8.87. The van der Waals surface area contributed by atoms with Crippen molar-refractivity contribution in [3.8, 4) is 0 Å². The summed E-state index contributed by atoms with van der Waals surface area (Å²) in [5, 5.41) is 4.45. The van der Waals surface area contributed by atoms with Gasteiger partial charge in [0, 0.05) is 0 Å². The van der Waals surface area contributed by atoms with E-state index in [0.717, 1.165) is 17.2 Å². The zero-order chi connectivity index (χ0) is 9.80. The Hall–Kier alpha value is 0.310. The lowest BCUT2D eigenvalue weighted by Crippen LogP contribution is -2.38. The Labute approximate surface area is 92.4 Å². The van der Waals surface area contributed by atoms with Crippen LogP contribution < -0.4 is 5.32 Å². The summed E-state index contributed by atoms with van der Waals surface area (Å²) in [5.74, 6) is 3.27. The SMILES string of the molecule is CC1CNC(CC2CCCCC2)SC1. The molecule has 0 aromatic carbocycles. The Morgan fingerprint density at radius 3 is 2.64 bits per heavy atom. The van der Waals surface area contributed by atoms with Crippen LogP contribution in [0, 0.1) is 11.8 Å². The van der Waals surface area contributed by atoms with Crippen molar-refractivity contribution in [1.29, 1.82) is 0 Å². The second-order valence-electron chi connectivity index (χ2n) is 5.08. The summed E-state index contributed by atoms with van der Waals surface area (Å²) < 4.78 is 0. The first kappa shape index (κ1) is 10.8. The fraction of sp³-hybridized carbons (Fsp3) is 1.00. The molecule has 0 spiro atoms. The quantitative estimate of drug-likeness (QED) is 0.755. The zero-order valence-electron chi connectivity index (χ0n) is 9.30. The molecule has 2 rings (SSSR count). The normalized spacial score (nSPS) is 35.8. The van der Waals surface area contributed by atoms with Crippen molar-refractivity contribution in [2.45, 2.75) is 50.8 Å². The summed E-state index contributed by atoms with van der Waals surface area (Å²) >= 11 is 2.15. The monoisotopic (exact) mass is 213 g/mol. The second-order valence-corrected chi connectivity index (χ2v) is 6.31. The molecular weight excluding hydrogens is 190 g/mol. The molecule has 0 aromatic rings. The van der Waals surface area contributed by atoms with Crippen molar-refractivity contribution >= 4 is 11.8 Å². The summed E-state index contributed by atoms with van der Waals surface area (Å²) in [4.78, 5) is 0. The Morgan fingerprint density at radius 1 is 1.21 bits per heavy atom. The van der Waals surface area contributed by atoms with Gasteiger partial charge in [-0.05, 0) is 30.6 Å². The molecule has 1 heterocycles. The molecule has 2 unspecified atom stereocenters. The molecule has 1 nitrogen and oxygen atoms in total. The van der Waals surface area contributed by atoms with E-state index < -0.39 is 0 Å². The van der Waals surface area contributed by atoms with E-state index >= 15 is 0 Å². The van der Waals surface area contributed by atoms with Gasteiger partial charge in [0.2, 0.25) is 0 Å². The van der Waals surface area contributed by atoms with Crippen LogP contribution in [0.3, 0.4) is 0 Å². The first-order valence-electron chi connectivity index (χ1n) is 6.19. The van der Waals surface area contributed by atoms with Gasteiger partial charge in [-0.25, -0.2) is 0 Å². The van der Waals surface area contributed by atoms with Crippen molar-refractivity contribution < 1.29 is 0 Å². The third-order valence-corrected chi connectivity index (χ3v) is 5.07. The molecule has 2 atom stereocenters. The molecule has 1 N–H and O–H groups in total. The van der Waals surface area contributed by atoms with E-state index in [4.69, 9.17) is 0 Å². The number of hydrogen-bond donors (Lipinski definition) is 1. The Morgan fingerprint density at radius 2 is 2.00 bits per heavy atom. The van der Waals surface area contributed by atoms with Gasteiger partial charge in [-0.1, -0.05) is 39.0 Å². The topological polar surface area (TPSA) is 12.0 Å². The smallest absolute Gasteiger partial charge is 0.0535 e. The van der Waals surface area contributed by atoms with E-state index in [-0.39, 0.29) is 0 Å². The number of thioether (sulfide) groups is 1. The third-order valence-electron chi connectivity index (χ3n) is 3.55. The predicted octanol–water partition coefficient (Wildman–Crippen LogP) is 3.26. The van der Waals surface area contributed by atoms with Gasteiger partial charge in [-0.3, -0.25) is 0 Å². The molecule has 0 radical (unpaired) electrons. The minimum Gasteiger partial charge on any atom is -0.305 e. The van der Waals surface area contributed by atoms with E-state index in [1.165, 1.54) is 50.8 Å². The summed E-state index contributed by atoms with van der Waals surface area (Å²) in [6.45, 7) is 3.58. The van der Waals surface area contributed by atoms with Crippen molar-refractivity contribution in [1.82, 2.24) is 5.32 Å². The lowest BCUT2D eigenvalue weighted by molar-refractivity contribution is 0.320. The first-order valence-corrected chi connectivity index (χ1v) is 7.24. The molecule has 0 aromatic heterocycles. The van der Waals surface area contributed by atoms with E-state index in [0.29, 0.717) is 0 Å². The predicted molar refractivity (Wildman–Crippen MR) is 64.6 cm³/mol. The van der Waals surface area contributed by atoms with Crippen molar-refractivity contribution in [2.75, 3.05) is 12.3 Å². The van der Waals surface area contributed by atoms with Crippen LogP contribution in [-0.4, -0.2) is 17.7 Å². The van der Waals surface area contributed by atoms with Gasteiger partial charge in [0.15, 0.2) is 0 Å². The minimum absolute atomic E-state index is 0.772. The van der Waals surface area contributed by atoms with Crippen LogP contribution in [0.1, 0.15) is 45.4 Å². The molecule has 1 aliphatic heterocycles. The number of rotatable bonds is 2. The van der Waals surface area contributed by atoms with Crippen LogP contribution in [0.2, 0.25) is 0 Å². The highest BCUT2D eigenvalue weighted by atomic mass is 32.2. The average Bonchev–Trinajstić information content (AvgIpc) is 2.23. The van der Waals surface area contributed by atoms with Crippen molar-refractivity contribution in [3.63, 3.8) is 0 Å². The maximum atomic E-state index is 3.68.